The number of nitrogens with zero attached hydrogens (tertiary/aromatic N) is 1. The second-order valence-electron chi connectivity index (χ2n) is 17.7. The molecule has 0 aromatic rings. The average molecular weight is 788 g/mol. The first kappa shape index (κ1) is 44.6. The lowest BCUT2D eigenvalue weighted by Gasteiger charge is -2.47. The van der Waals surface area contributed by atoms with Crippen LogP contribution in [-0.2, 0) is 38.1 Å². The maximum absolute atomic E-state index is 14.3. The van der Waals surface area contributed by atoms with Gasteiger partial charge in [-0.25, -0.2) is 4.79 Å². The smallest absolute Gasteiger partial charge is 0.329 e. The molecule has 5 aliphatic rings. The van der Waals surface area contributed by atoms with Crippen LogP contribution in [0.15, 0.2) is 36.5 Å². The van der Waals surface area contributed by atoms with Crippen LogP contribution in [-0.4, -0.2) is 120 Å². The molecule has 2 aliphatic carbocycles. The van der Waals surface area contributed by atoms with Gasteiger partial charge in [-0.2, -0.15) is 0 Å². The lowest BCUT2D eigenvalue weighted by molar-refractivity contribution is -0.302. The van der Waals surface area contributed by atoms with Crippen molar-refractivity contribution in [1.29, 1.82) is 0 Å². The van der Waals surface area contributed by atoms with Crippen LogP contribution in [0.2, 0.25) is 0 Å². The van der Waals surface area contributed by atoms with Gasteiger partial charge in [0, 0.05) is 39.7 Å². The number of ether oxygens (including phenoxy) is 5. The van der Waals surface area contributed by atoms with Gasteiger partial charge in [0.15, 0.2) is 0 Å². The number of cyclic esters (lactones) is 1. The Labute approximate surface area is 334 Å². The highest BCUT2D eigenvalue weighted by Gasteiger charge is 2.57. The first-order valence-electron chi connectivity index (χ1n) is 21.0. The Hall–Kier alpha value is -2.45. The van der Waals surface area contributed by atoms with E-state index in [9.17, 15) is 29.7 Å². The van der Waals surface area contributed by atoms with Gasteiger partial charge in [-0.15, -0.1) is 6.58 Å². The summed E-state index contributed by atoms with van der Waals surface area (Å²) in [5.41, 5.74) is 1.85. The molecule has 3 N–H and O–H groups in total. The van der Waals surface area contributed by atoms with Crippen molar-refractivity contribution >= 4 is 17.7 Å². The monoisotopic (exact) mass is 787 g/mol. The molecule has 3 aliphatic heterocycles. The zero-order chi connectivity index (χ0) is 41.1. The second kappa shape index (κ2) is 19.1. The molecule has 0 aromatic carbocycles. The van der Waals surface area contributed by atoms with E-state index >= 15 is 0 Å². The Morgan fingerprint density at radius 2 is 1.61 bits per heavy atom. The fraction of sp³-hybridized carbons (Fsp3) is 0.795. The van der Waals surface area contributed by atoms with Crippen molar-refractivity contribution in [3.63, 3.8) is 0 Å². The lowest BCUT2D eigenvalue weighted by atomic mass is 9.81. The van der Waals surface area contributed by atoms with Crippen molar-refractivity contribution in [2.45, 2.75) is 153 Å². The lowest BCUT2D eigenvalue weighted by Crippen LogP contribution is -2.64. The number of rotatable bonds is 7. The molecule has 56 heavy (non-hydrogen) atoms. The zero-order valence-corrected chi connectivity index (χ0v) is 34.8. The van der Waals surface area contributed by atoms with Crippen LogP contribution in [0.1, 0.15) is 98.3 Å². The van der Waals surface area contributed by atoms with Gasteiger partial charge in [0.25, 0.3) is 11.7 Å². The number of aliphatic hydroxyl groups is 3. The molecule has 16 atom stereocenters. The molecule has 2 bridgehead atoms. The number of allylic oxidation sites excluding steroid dienone is 3. The van der Waals surface area contributed by atoms with Crippen LogP contribution in [0, 0.1) is 41.4 Å². The van der Waals surface area contributed by atoms with Gasteiger partial charge in [-0.1, -0.05) is 45.1 Å². The molecule has 0 radical (unpaired) electrons. The molecule has 316 valence electrons. The summed E-state index contributed by atoms with van der Waals surface area (Å²) < 4.78 is 30.0. The number of ketones is 1. The fourth-order valence-corrected chi connectivity index (χ4v) is 10.4. The third-order valence-electron chi connectivity index (χ3n) is 13.8. The fourth-order valence-electron chi connectivity index (χ4n) is 10.4. The third-order valence-corrected chi connectivity index (χ3v) is 13.8. The van der Waals surface area contributed by atoms with Crippen molar-refractivity contribution in [3.8, 4) is 0 Å². The van der Waals surface area contributed by atoms with E-state index in [2.05, 4.69) is 26.2 Å². The number of Topliss-reactive ketones (excluding diaryl/α,β-unsaturated/α-hetero) is 1. The van der Waals surface area contributed by atoms with E-state index in [0.29, 0.717) is 44.9 Å². The van der Waals surface area contributed by atoms with Crippen LogP contribution in [0.3, 0.4) is 0 Å². The number of amides is 1. The Morgan fingerprint density at radius 1 is 0.929 bits per heavy atom. The maximum atomic E-state index is 14.3. The molecule has 5 rings (SSSR count). The first-order chi connectivity index (χ1) is 26.6. The van der Waals surface area contributed by atoms with Crippen LogP contribution < -0.4 is 0 Å². The normalized spacial score (nSPS) is 43.6. The van der Waals surface area contributed by atoms with E-state index in [1.165, 1.54) is 4.90 Å². The highest BCUT2D eigenvalue weighted by Crippen LogP contribution is 2.57. The van der Waals surface area contributed by atoms with Gasteiger partial charge in [0.2, 0.25) is 5.79 Å². The van der Waals surface area contributed by atoms with E-state index < -0.39 is 77.9 Å². The van der Waals surface area contributed by atoms with Crippen molar-refractivity contribution < 1.29 is 53.4 Å². The number of hydrogen-bond donors (Lipinski definition) is 3. The van der Waals surface area contributed by atoms with Crippen LogP contribution in [0.4, 0.5) is 0 Å². The number of methoxy groups -OCH3 is 3. The molecule has 2 saturated carbocycles. The molecule has 12 heteroatoms. The maximum Gasteiger partial charge on any atom is 0.329 e. The summed E-state index contributed by atoms with van der Waals surface area (Å²) in [6, 6.07) is -1.07. The summed E-state index contributed by atoms with van der Waals surface area (Å²) in [7, 11) is 4.71. The number of hydrogen-bond acceptors (Lipinski definition) is 11. The molecule has 0 spiro atoms. The zero-order valence-electron chi connectivity index (χ0n) is 34.8. The van der Waals surface area contributed by atoms with E-state index in [-0.39, 0.29) is 55.1 Å². The van der Waals surface area contributed by atoms with Gasteiger partial charge in [0.1, 0.15) is 18.2 Å². The highest BCUT2D eigenvalue weighted by atomic mass is 16.7. The second-order valence-corrected chi connectivity index (χ2v) is 17.7. The summed E-state index contributed by atoms with van der Waals surface area (Å²) in [6.45, 7) is 16.2. The number of aliphatic hydroxyl groups excluding tert-OH is 2. The minimum absolute atomic E-state index is 0.0606. The summed E-state index contributed by atoms with van der Waals surface area (Å²) in [5, 5.41) is 34.4. The van der Waals surface area contributed by atoms with Crippen LogP contribution >= 0.6 is 0 Å². The van der Waals surface area contributed by atoms with Gasteiger partial charge in [-0.05, 0) is 113 Å². The van der Waals surface area contributed by atoms with E-state index in [4.69, 9.17) is 23.7 Å². The van der Waals surface area contributed by atoms with Crippen molar-refractivity contribution in [2.24, 2.45) is 41.4 Å². The van der Waals surface area contributed by atoms with Crippen LogP contribution in [0.25, 0.3) is 0 Å². The molecule has 1 unspecified atom stereocenters. The Kier molecular flexibility index (Phi) is 15.2. The molecule has 3 saturated heterocycles. The Morgan fingerprint density at radius 3 is 2.27 bits per heavy atom. The largest absolute Gasteiger partial charge is 0.456 e. The summed E-state index contributed by atoms with van der Waals surface area (Å²) >= 11 is 0. The first-order valence-corrected chi connectivity index (χ1v) is 21.0. The molecule has 12 nitrogen and oxygen atoms in total. The molecule has 3 heterocycles. The van der Waals surface area contributed by atoms with Crippen molar-refractivity contribution in [1.82, 2.24) is 4.90 Å². The number of esters is 1. The standard InChI is InChI=1S/C44H69NO11/c1-10-13-30-31-23-34(47)28(6)39(26(4)20-29-15-16-33(46)35(22-29)52-7)55-43(50)32-14-11-12-17-45(32)42(49)41(48)44(51)27(5)21-37(54-9)40(56-44)36(53-8)19-24(2)18-25(3)38(30)31/h10,20,24,27-40,46-47,51H,1,3,11-19,21-23H2,2,4-9H3/b26-20+/t24-,27+,28+,29-,30-,31-,32-,33+,34-,35+,36-,37-,38+,39?,40+,44+/m0/s1. The summed E-state index contributed by atoms with van der Waals surface area (Å²) in [6.07, 6.45) is 5.70. The Balaban J connectivity index is 1.52. The van der Waals surface area contributed by atoms with Gasteiger partial charge >= 0.3 is 5.97 Å². The predicted octanol–water partition coefficient (Wildman–Crippen LogP) is 4.93. The molecular formula is C44H69NO11. The number of piperidine rings is 1. The molecule has 5 fully saturated rings. The molecule has 0 aromatic heterocycles. The predicted molar refractivity (Wildman–Crippen MR) is 210 cm³/mol. The van der Waals surface area contributed by atoms with E-state index in [1.54, 1.807) is 28.3 Å². The van der Waals surface area contributed by atoms with E-state index in [0.717, 1.165) is 24.0 Å². The quantitative estimate of drug-likeness (QED) is 0.183. The minimum Gasteiger partial charge on any atom is -0.456 e. The van der Waals surface area contributed by atoms with Gasteiger partial charge < -0.3 is 43.9 Å². The SMILES string of the molecule is C=CC[C@H]1[C@@H]2C[C@H](O)[C@@H](C)C(/C(C)=C/[C@@H]3CC[C@@H](O)[C@H](OC)C3)OC(=O)[C@@H]3CCCCN3C(=O)C(=O)[C@]3(O)O[C@H]([C@@H](OC)C[C@@H](C)CC(=C)[C@H]12)[C@@H](OC)C[C@H]3C. The van der Waals surface area contributed by atoms with Crippen molar-refractivity contribution in [2.75, 3.05) is 27.9 Å². The third kappa shape index (κ3) is 9.53. The van der Waals surface area contributed by atoms with Gasteiger partial charge in [0.05, 0.1) is 30.5 Å². The molecule has 1 amide bonds. The number of fused-ring (bicyclic) bond motifs is 4. The Bertz CT molecular complexity index is 1450. The summed E-state index contributed by atoms with van der Waals surface area (Å²) in [5.74, 6) is -5.79. The van der Waals surface area contributed by atoms with E-state index in [1.807, 2.05) is 19.9 Å². The number of carbonyl (C=O) groups is 3. The molecular weight excluding hydrogens is 718 g/mol. The highest BCUT2D eigenvalue weighted by molar-refractivity contribution is 6.39. The van der Waals surface area contributed by atoms with Gasteiger partial charge in [-0.3, -0.25) is 9.59 Å². The average Bonchev–Trinajstić information content (AvgIpc) is 3.87. The van der Waals surface area contributed by atoms with Crippen LogP contribution in [0.5, 0.6) is 0 Å². The minimum atomic E-state index is -2.47. The summed E-state index contributed by atoms with van der Waals surface area (Å²) in [4.78, 5) is 44.0. The van der Waals surface area contributed by atoms with Crippen molar-refractivity contribution in [3.05, 3.63) is 36.5 Å². The topological polar surface area (TPSA) is 161 Å². The number of carbonyl (C=O) groups excluding carboxylic acids is 3.